The topological polar surface area (TPSA) is 91.5 Å². The van der Waals surface area contributed by atoms with Crippen molar-refractivity contribution in [1.82, 2.24) is 14.8 Å². The monoisotopic (exact) mass is 424 g/mol. The molecule has 162 valence electrons. The molecule has 2 aromatic heterocycles. The molecule has 3 heterocycles. The highest BCUT2D eigenvalue weighted by atomic mass is 19.1. The van der Waals surface area contributed by atoms with E-state index in [1.165, 1.54) is 0 Å². The van der Waals surface area contributed by atoms with Gasteiger partial charge in [0.15, 0.2) is 11.3 Å². The summed E-state index contributed by atoms with van der Waals surface area (Å²) in [7, 11) is 0. The van der Waals surface area contributed by atoms with Crippen LogP contribution >= 0.6 is 0 Å². The molecule has 2 fully saturated rings. The molecule has 0 bridgehead atoms. The van der Waals surface area contributed by atoms with Gasteiger partial charge in [-0.05, 0) is 31.0 Å². The van der Waals surface area contributed by atoms with Gasteiger partial charge >= 0.3 is 5.97 Å². The first-order chi connectivity index (χ1) is 15.0. The number of pyridine rings is 1. The Kier molecular flexibility index (Phi) is 4.89. The Hall–Kier alpha value is -3.00. The van der Waals surface area contributed by atoms with Crippen molar-refractivity contribution in [2.75, 3.05) is 24.6 Å². The molecule has 0 unspecified atom stereocenters. The minimum absolute atomic E-state index is 0.0565. The highest BCUT2D eigenvalue weighted by Gasteiger charge is 2.36. The lowest BCUT2D eigenvalue weighted by Gasteiger charge is -2.37. The van der Waals surface area contributed by atoms with Crippen LogP contribution in [0, 0.1) is 0 Å². The Morgan fingerprint density at radius 2 is 1.90 bits per heavy atom. The van der Waals surface area contributed by atoms with Gasteiger partial charge in [0.05, 0.1) is 29.1 Å². The molecule has 1 saturated carbocycles. The molecule has 2 aliphatic rings. The molecule has 0 atom stereocenters. The summed E-state index contributed by atoms with van der Waals surface area (Å²) < 4.78 is 16.3. The average Bonchev–Trinajstić information content (AvgIpc) is 3.12. The zero-order valence-corrected chi connectivity index (χ0v) is 17.2. The number of aliphatic hydroxyl groups excluding tert-OH is 1. The molecule has 1 aromatic carbocycles. The molecule has 8 heteroatoms. The lowest BCUT2D eigenvalue weighted by Crippen LogP contribution is -2.44. The number of halogens is 1. The van der Waals surface area contributed by atoms with E-state index in [1.54, 1.807) is 10.7 Å². The first-order valence-corrected chi connectivity index (χ1v) is 10.8. The lowest BCUT2D eigenvalue weighted by atomic mass is 9.81. The number of benzene rings is 1. The zero-order valence-electron chi connectivity index (χ0n) is 17.2. The molecule has 2 N–H and O–H groups in total. The lowest BCUT2D eigenvalue weighted by molar-refractivity contribution is 0.0481. The smallest absolute Gasteiger partial charge is 0.354 e. The maximum absolute atomic E-state index is 14.6. The summed E-state index contributed by atoms with van der Waals surface area (Å²) >= 11 is 0. The zero-order chi connectivity index (χ0) is 21.6. The van der Waals surface area contributed by atoms with Crippen LogP contribution in [0.2, 0.25) is 0 Å². The summed E-state index contributed by atoms with van der Waals surface area (Å²) in [5, 5.41) is 24.9. The number of hydrogen-bond donors (Lipinski definition) is 2. The molecular weight excluding hydrogens is 399 g/mol. The van der Waals surface area contributed by atoms with Crippen molar-refractivity contribution in [3.63, 3.8) is 0 Å². The quantitative estimate of drug-likeness (QED) is 0.649. The number of fused-ring (bicyclic) bond motifs is 1. The molecule has 31 heavy (non-hydrogen) atoms. The van der Waals surface area contributed by atoms with E-state index in [-0.39, 0.29) is 18.5 Å². The second-order valence-electron chi connectivity index (χ2n) is 8.59. The number of nitrogens with zero attached hydrogens (tertiary/aromatic N) is 4. The molecule has 0 spiro atoms. The summed E-state index contributed by atoms with van der Waals surface area (Å²) in [6.45, 7) is 0.304. The van der Waals surface area contributed by atoms with Crippen molar-refractivity contribution in [2.24, 2.45) is 0 Å². The van der Waals surface area contributed by atoms with Crippen LogP contribution in [-0.4, -0.2) is 56.3 Å². The molecule has 0 amide bonds. The fourth-order valence-electron chi connectivity index (χ4n) is 4.50. The van der Waals surface area contributed by atoms with Crippen LogP contribution in [0.25, 0.3) is 16.7 Å². The van der Waals surface area contributed by atoms with Gasteiger partial charge in [0.2, 0.25) is 0 Å². The number of hydrogen-bond acceptors (Lipinski definition) is 5. The minimum atomic E-state index is -1.58. The highest BCUT2D eigenvalue weighted by molar-refractivity contribution is 5.98. The number of carbonyl (C=O) groups is 1. The number of para-hydroxylation sites is 1. The van der Waals surface area contributed by atoms with Crippen molar-refractivity contribution in [3.8, 4) is 5.69 Å². The van der Waals surface area contributed by atoms with E-state index < -0.39 is 18.2 Å². The number of piperidine rings is 1. The maximum Gasteiger partial charge on any atom is 0.354 e. The molecule has 3 aromatic rings. The van der Waals surface area contributed by atoms with Crippen LogP contribution in [0.4, 0.5) is 10.1 Å². The number of alkyl halides is 1. The third kappa shape index (κ3) is 3.44. The van der Waals surface area contributed by atoms with Crippen LogP contribution in [0.3, 0.4) is 0 Å². The molecule has 1 aliphatic heterocycles. The third-order valence-electron chi connectivity index (χ3n) is 6.64. The Morgan fingerprint density at radius 1 is 1.19 bits per heavy atom. The van der Waals surface area contributed by atoms with Crippen molar-refractivity contribution in [2.45, 2.75) is 43.7 Å². The van der Waals surface area contributed by atoms with E-state index in [0.29, 0.717) is 24.7 Å². The fourth-order valence-corrected chi connectivity index (χ4v) is 4.50. The number of rotatable bonds is 5. The van der Waals surface area contributed by atoms with Crippen LogP contribution in [-0.2, 0) is 0 Å². The van der Waals surface area contributed by atoms with Gasteiger partial charge in [-0.15, -0.1) is 0 Å². The normalized spacial score (nSPS) is 18.8. The van der Waals surface area contributed by atoms with Gasteiger partial charge in [-0.25, -0.2) is 18.9 Å². The second kappa shape index (κ2) is 7.60. The van der Waals surface area contributed by atoms with E-state index in [9.17, 15) is 19.4 Å². The Morgan fingerprint density at radius 3 is 2.48 bits per heavy atom. The highest BCUT2D eigenvalue weighted by Crippen LogP contribution is 2.43. The van der Waals surface area contributed by atoms with Crippen LogP contribution in [0.1, 0.15) is 54.2 Å². The SMILES string of the molecule is O=C(O)c1cc(N2CCC(F)(CO)CC2)c2c(C3CCC3)nn(-c3ccccc3)c2n1. The molecular formula is C23H25FN4O3. The fraction of sp³-hybridized carbons (Fsp3) is 0.435. The summed E-state index contributed by atoms with van der Waals surface area (Å²) in [6, 6.07) is 11.2. The number of carboxylic acid groups (broad SMARTS) is 1. The predicted molar refractivity (Wildman–Crippen MR) is 115 cm³/mol. The number of carboxylic acids is 1. The van der Waals surface area contributed by atoms with E-state index in [0.717, 1.165) is 41.7 Å². The first-order valence-electron chi connectivity index (χ1n) is 10.8. The van der Waals surface area contributed by atoms with Gasteiger partial charge in [-0.2, -0.15) is 5.10 Å². The van der Waals surface area contributed by atoms with Gasteiger partial charge in [-0.3, -0.25) is 0 Å². The van der Waals surface area contributed by atoms with Gasteiger partial charge in [0, 0.05) is 31.8 Å². The maximum atomic E-state index is 14.6. The van der Waals surface area contributed by atoms with E-state index in [2.05, 4.69) is 4.98 Å². The minimum Gasteiger partial charge on any atom is -0.477 e. The van der Waals surface area contributed by atoms with Gasteiger partial charge in [-0.1, -0.05) is 24.6 Å². The summed E-state index contributed by atoms with van der Waals surface area (Å²) in [5.41, 5.74) is 1.38. The summed E-state index contributed by atoms with van der Waals surface area (Å²) in [4.78, 5) is 18.4. The predicted octanol–water partition coefficient (Wildman–Crippen LogP) is 3.69. The van der Waals surface area contributed by atoms with E-state index in [1.807, 2.05) is 35.2 Å². The van der Waals surface area contributed by atoms with Gasteiger partial charge in [0.1, 0.15) is 5.67 Å². The largest absolute Gasteiger partial charge is 0.477 e. The first kappa shape index (κ1) is 19.9. The van der Waals surface area contributed by atoms with Crippen molar-refractivity contribution < 1.29 is 19.4 Å². The number of aromatic nitrogens is 3. The molecule has 7 nitrogen and oxygen atoms in total. The van der Waals surface area contributed by atoms with E-state index >= 15 is 0 Å². The third-order valence-corrected chi connectivity index (χ3v) is 6.64. The summed E-state index contributed by atoms with van der Waals surface area (Å²) in [6.07, 6.45) is 3.62. The Bertz CT molecular complexity index is 1120. The second-order valence-corrected chi connectivity index (χ2v) is 8.59. The van der Waals surface area contributed by atoms with E-state index in [4.69, 9.17) is 5.10 Å². The Balaban J connectivity index is 1.70. The van der Waals surface area contributed by atoms with Gasteiger partial charge < -0.3 is 15.1 Å². The molecule has 1 aliphatic carbocycles. The molecule has 5 rings (SSSR count). The van der Waals surface area contributed by atoms with Crippen LogP contribution in [0.15, 0.2) is 36.4 Å². The average molecular weight is 424 g/mol. The van der Waals surface area contributed by atoms with Crippen molar-refractivity contribution in [1.29, 1.82) is 0 Å². The van der Waals surface area contributed by atoms with Crippen LogP contribution < -0.4 is 4.90 Å². The molecule has 1 saturated heterocycles. The number of aliphatic hydroxyl groups is 1. The number of anilines is 1. The molecule has 0 radical (unpaired) electrons. The van der Waals surface area contributed by atoms with Crippen LogP contribution in [0.5, 0.6) is 0 Å². The van der Waals surface area contributed by atoms with Crippen molar-refractivity contribution >= 4 is 22.7 Å². The standard InChI is InChI=1S/C23H25FN4O3/c24-23(14-29)9-11-27(12-10-23)18-13-17(22(30)31)25-21-19(18)20(15-5-4-6-15)26-28(21)16-7-2-1-3-8-16/h1-3,7-8,13,15,29H,4-6,9-12,14H2,(H,30,31). The van der Waals surface area contributed by atoms with Gasteiger partial charge in [0.25, 0.3) is 0 Å². The van der Waals surface area contributed by atoms with Crippen molar-refractivity contribution in [3.05, 3.63) is 47.8 Å². The summed E-state index contributed by atoms with van der Waals surface area (Å²) in [5.74, 6) is -0.799. The number of aromatic carboxylic acids is 1. The Labute approximate surface area is 179 Å².